The number of amides is 1. The molecule has 36 heavy (non-hydrogen) atoms. The predicted molar refractivity (Wildman–Crippen MR) is 130 cm³/mol. The molecule has 3 saturated carbocycles. The molecule has 0 radical (unpaired) electrons. The van der Waals surface area contributed by atoms with Gasteiger partial charge in [-0.2, -0.15) is 0 Å². The number of primary amides is 1. The van der Waals surface area contributed by atoms with Crippen molar-refractivity contribution in [2.45, 2.75) is 57.2 Å². The van der Waals surface area contributed by atoms with E-state index < -0.39 is 29.8 Å². The number of fused-ring (bicyclic) bond motifs is 1. The van der Waals surface area contributed by atoms with Crippen LogP contribution in [0, 0.1) is 23.1 Å². The van der Waals surface area contributed by atoms with Gasteiger partial charge in [-0.05, 0) is 50.5 Å². The second-order valence-corrected chi connectivity index (χ2v) is 11.3. The van der Waals surface area contributed by atoms with Crippen molar-refractivity contribution < 1.29 is 18.0 Å². The fourth-order valence-corrected chi connectivity index (χ4v) is 7.03. The van der Waals surface area contributed by atoms with E-state index in [1.807, 2.05) is 11.9 Å². The van der Waals surface area contributed by atoms with Crippen LogP contribution in [-0.4, -0.2) is 41.6 Å². The molecular weight excluding hydrogens is 469 g/mol. The number of aromatic nitrogens is 1. The van der Waals surface area contributed by atoms with E-state index in [-0.39, 0.29) is 46.0 Å². The van der Waals surface area contributed by atoms with E-state index in [1.165, 1.54) is 18.2 Å². The minimum absolute atomic E-state index is 0.0435. The smallest absolute Gasteiger partial charge is 0.266 e. The molecule has 3 aliphatic carbocycles. The SMILES string of the molecule is C[C@H](c1cccc(C(F)F)c1F)N(c1cc(=O)n([C@H]2CC23CCC3)cc1C(N)=O)C1C2CN(C)CC21. The van der Waals surface area contributed by atoms with E-state index in [0.29, 0.717) is 5.69 Å². The molecule has 1 amide bonds. The summed E-state index contributed by atoms with van der Waals surface area (Å²) in [5.41, 5.74) is 5.83. The van der Waals surface area contributed by atoms with Crippen LogP contribution >= 0.6 is 0 Å². The zero-order chi connectivity index (χ0) is 25.5. The lowest BCUT2D eigenvalue weighted by Gasteiger charge is -2.36. The second kappa shape index (κ2) is 8.10. The van der Waals surface area contributed by atoms with Crippen LogP contribution in [0.15, 0.2) is 35.3 Å². The molecule has 2 heterocycles. The van der Waals surface area contributed by atoms with Crippen LogP contribution in [0.5, 0.6) is 0 Å². The summed E-state index contributed by atoms with van der Waals surface area (Å²) in [5, 5.41) is 0. The Morgan fingerprint density at radius 2 is 1.86 bits per heavy atom. The number of pyridine rings is 1. The van der Waals surface area contributed by atoms with Gasteiger partial charge in [0.25, 0.3) is 17.9 Å². The average Bonchev–Trinajstić information content (AvgIpc) is 3.66. The summed E-state index contributed by atoms with van der Waals surface area (Å²) < 4.78 is 43.9. The van der Waals surface area contributed by atoms with Gasteiger partial charge >= 0.3 is 0 Å². The van der Waals surface area contributed by atoms with Crippen LogP contribution in [0.4, 0.5) is 18.9 Å². The monoisotopic (exact) mass is 500 g/mol. The van der Waals surface area contributed by atoms with Gasteiger partial charge in [0.2, 0.25) is 0 Å². The molecule has 4 fully saturated rings. The number of likely N-dealkylation sites (tertiary alicyclic amines) is 1. The summed E-state index contributed by atoms with van der Waals surface area (Å²) in [4.78, 5) is 30.1. The maximum Gasteiger partial charge on any atom is 0.266 e. The van der Waals surface area contributed by atoms with Crippen molar-refractivity contribution in [2.75, 3.05) is 25.0 Å². The summed E-state index contributed by atoms with van der Waals surface area (Å²) in [6.45, 7) is 3.42. The molecule has 6 rings (SSSR count). The minimum atomic E-state index is -2.94. The summed E-state index contributed by atoms with van der Waals surface area (Å²) in [5.74, 6) is -1.05. The number of hydrogen-bond donors (Lipinski definition) is 1. The maximum absolute atomic E-state index is 15.3. The summed E-state index contributed by atoms with van der Waals surface area (Å²) >= 11 is 0. The number of hydrogen-bond acceptors (Lipinski definition) is 4. The molecule has 1 saturated heterocycles. The molecule has 2 N–H and O–H groups in total. The van der Waals surface area contributed by atoms with Gasteiger partial charge in [-0.25, -0.2) is 13.2 Å². The fraction of sp³-hybridized carbons (Fsp3) is 0.556. The summed E-state index contributed by atoms with van der Waals surface area (Å²) in [6.07, 6.45) is 2.88. The highest BCUT2D eigenvalue weighted by Crippen LogP contribution is 2.67. The van der Waals surface area contributed by atoms with E-state index in [1.54, 1.807) is 17.7 Å². The third-order valence-corrected chi connectivity index (χ3v) is 9.25. The Balaban J connectivity index is 1.45. The largest absolute Gasteiger partial charge is 0.365 e. The van der Waals surface area contributed by atoms with Gasteiger partial charge in [0.05, 0.1) is 22.9 Å². The number of alkyl halides is 2. The third kappa shape index (κ3) is 3.49. The fourth-order valence-electron chi connectivity index (χ4n) is 7.03. The number of rotatable bonds is 7. The lowest BCUT2D eigenvalue weighted by Crippen LogP contribution is -2.39. The molecule has 2 unspecified atom stereocenters. The average molecular weight is 501 g/mol. The molecule has 4 atom stereocenters. The number of carbonyl (C=O) groups is 1. The van der Waals surface area contributed by atoms with Gasteiger partial charge in [-0.3, -0.25) is 9.59 Å². The minimum Gasteiger partial charge on any atom is -0.365 e. The Bertz CT molecular complexity index is 1280. The number of carbonyl (C=O) groups excluding carboxylic acids is 1. The van der Waals surface area contributed by atoms with Crippen molar-refractivity contribution in [3.8, 4) is 0 Å². The molecule has 1 aromatic carbocycles. The molecule has 1 aromatic heterocycles. The zero-order valence-electron chi connectivity index (χ0n) is 20.5. The standard InChI is InChI=1S/C27H31F3N4O2/c1-14(15-5-3-6-16(23(15)28)25(29)30)34(24-17-11-32(2)12-18(17)24)20-9-22(35)33(13-19(20)26(31)36)21-10-27(21)7-4-8-27/h3,5-6,9,13-14,17-18,21,24-25H,4,7-8,10-12H2,1-2H3,(H2,31,36)/t14-,17?,18?,21+,24?/m1/s1. The van der Waals surface area contributed by atoms with Crippen molar-refractivity contribution in [3.05, 3.63) is 63.3 Å². The lowest BCUT2D eigenvalue weighted by atomic mass is 9.81. The Labute approximate surface area is 207 Å². The molecule has 1 spiro atoms. The van der Waals surface area contributed by atoms with Gasteiger partial charge in [-0.1, -0.05) is 24.6 Å². The zero-order valence-corrected chi connectivity index (χ0v) is 20.5. The number of halogens is 3. The van der Waals surface area contributed by atoms with E-state index in [2.05, 4.69) is 4.90 Å². The van der Waals surface area contributed by atoms with Gasteiger partial charge in [0.1, 0.15) is 5.82 Å². The van der Waals surface area contributed by atoms with Crippen molar-refractivity contribution in [1.29, 1.82) is 0 Å². The quantitative estimate of drug-likeness (QED) is 0.617. The molecule has 6 nitrogen and oxygen atoms in total. The van der Waals surface area contributed by atoms with Crippen LogP contribution in [0.2, 0.25) is 0 Å². The van der Waals surface area contributed by atoms with Crippen molar-refractivity contribution in [1.82, 2.24) is 9.47 Å². The molecule has 2 aromatic rings. The van der Waals surface area contributed by atoms with Crippen LogP contribution in [0.3, 0.4) is 0 Å². The van der Waals surface area contributed by atoms with Gasteiger partial charge in [-0.15, -0.1) is 0 Å². The molecule has 9 heteroatoms. The Hall–Kier alpha value is -2.81. The van der Waals surface area contributed by atoms with Crippen molar-refractivity contribution in [3.63, 3.8) is 0 Å². The highest BCUT2D eigenvalue weighted by Gasteiger charge is 2.60. The first-order chi connectivity index (χ1) is 17.1. The first kappa shape index (κ1) is 23.6. The van der Waals surface area contributed by atoms with Gasteiger partial charge < -0.3 is 20.1 Å². The van der Waals surface area contributed by atoms with E-state index in [0.717, 1.165) is 44.8 Å². The maximum atomic E-state index is 15.3. The number of nitrogens with two attached hydrogens (primary N) is 1. The lowest BCUT2D eigenvalue weighted by molar-refractivity contribution is 0.0999. The Morgan fingerprint density at radius 1 is 1.19 bits per heavy atom. The van der Waals surface area contributed by atoms with Crippen LogP contribution in [0.25, 0.3) is 0 Å². The van der Waals surface area contributed by atoms with Crippen molar-refractivity contribution in [2.24, 2.45) is 23.0 Å². The van der Waals surface area contributed by atoms with Crippen LogP contribution in [0.1, 0.15) is 72.6 Å². The van der Waals surface area contributed by atoms with E-state index in [9.17, 15) is 18.4 Å². The molecule has 0 bridgehead atoms. The molecule has 4 aliphatic rings. The van der Waals surface area contributed by atoms with Crippen molar-refractivity contribution >= 4 is 11.6 Å². The topological polar surface area (TPSA) is 71.6 Å². The Morgan fingerprint density at radius 3 is 2.42 bits per heavy atom. The second-order valence-electron chi connectivity index (χ2n) is 11.3. The van der Waals surface area contributed by atoms with Crippen LogP contribution < -0.4 is 16.2 Å². The Kier molecular flexibility index (Phi) is 5.30. The van der Waals surface area contributed by atoms with E-state index in [4.69, 9.17) is 5.73 Å². The van der Waals surface area contributed by atoms with E-state index >= 15 is 4.39 Å². The number of piperidine rings is 1. The third-order valence-electron chi connectivity index (χ3n) is 9.25. The first-order valence-electron chi connectivity index (χ1n) is 12.7. The molecule has 192 valence electrons. The number of anilines is 1. The normalized spacial score (nSPS) is 28.6. The van der Waals surface area contributed by atoms with Gasteiger partial charge in [0.15, 0.2) is 0 Å². The highest BCUT2D eigenvalue weighted by molar-refractivity contribution is 5.98. The number of nitrogens with zero attached hydrogens (tertiary/aromatic N) is 3. The number of benzene rings is 1. The molecular formula is C27H31F3N4O2. The van der Waals surface area contributed by atoms with Crippen LogP contribution in [-0.2, 0) is 0 Å². The van der Waals surface area contributed by atoms with Gasteiger partial charge in [0, 0.05) is 43.0 Å². The first-order valence-corrected chi connectivity index (χ1v) is 12.7. The molecule has 1 aliphatic heterocycles. The summed E-state index contributed by atoms with van der Waals surface area (Å²) in [6, 6.07) is 4.81. The summed E-state index contributed by atoms with van der Waals surface area (Å²) in [7, 11) is 2.03. The highest BCUT2D eigenvalue weighted by atomic mass is 19.3. The predicted octanol–water partition coefficient (Wildman–Crippen LogP) is 4.27.